The highest BCUT2D eigenvalue weighted by Gasteiger charge is 2.47. The quantitative estimate of drug-likeness (QED) is 0.240. The summed E-state index contributed by atoms with van der Waals surface area (Å²) in [6.07, 6.45) is 0. The predicted molar refractivity (Wildman–Crippen MR) is 176 cm³/mol. The van der Waals surface area contributed by atoms with E-state index in [0.29, 0.717) is 0 Å². The lowest BCUT2D eigenvalue weighted by atomic mass is 10.4. The minimum atomic E-state index is -2.25. The van der Waals surface area contributed by atoms with Gasteiger partial charge in [-0.1, -0.05) is 146 Å². The molecule has 0 amide bonds. The summed E-state index contributed by atoms with van der Waals surface area (Å²) in [4.78, 5) is 0. The molecule has 0 heterocycles. The number of rotatable bonds is 7. The third kappa shape index (κ3) is 5.18. The van der Waals surface area contributed by atoms with Crippen LogP contribution in [0.1, 0.15) is 0 Å². The second-order valence-corrected chi connectivity index (χ2v) is 16.5. The first-order chi connectivity index (χ1) is 19.3. The SMILES string of the molecule is C(=P(c1ccccc1)(c1ccccc1)c1ccccc1)[P+](c1ccccc1)(c1ccccc1)c1ccccc1.[Br-]. The number of benzene rings is 6. The summed E-state index contributed by atoms with van der Waals surface area (Å²) in [6.45, 7) is -2.25. The Hall–Kier alpha value is -3.47. The molecule has 0 saturated carbocycles. The van der Waals surface area contributed by atoms with Gasteiger partial charge in [-0.05, 0) is 52.3 Å². The summed E-state index contributed by atoms with van der Waals surface area (Å²) in [5, 5.41) is 8.22. The van der Waals surface area contributed by atoms with Gasteiger partial charge >= 0.3 is 0 Å². The van der Waals surface area contributed by atoms with Crippen molar-refractivity contribution in [3.05, 3.63) is 182 Å². The second kappa shape index (κ2) is 12.8. The van der Waals surface area contributed by atoms with Gasteiger partial charge in [0.25, 0.3) is 0 Å². The van der Waals surface area contributed by atoms with Crippen LogP contribution in [0.5, 0.6) is 0 Å². The predicted octanol–water partition coefficient (Wildman–Crippen LogP) is 3.74. The number of halogens is 1. The Kier molecular flexibility index (Phi) is 8.98. The average Bonchev–Trinajstić information content (AvgIpc) is 3.04. The van der Waals surface area contributed by atoms with Crippen molar-refractivity contribution in [3.8, 4) is 0 Å². The van der Waals surface area contributed by atoms with Crippen molar-refractivity contribution in [1.29, 1.82) is 0 Å². The topological polar surface area (TPSA) is 0 Å². The Morgan fingerprint density at radius 1 is 0.325 bits per heavy atom. The van der Waals surface area contributed by atoms with Crippen LogP contribution in [0.25, 0.3) is 0 Å². The highest BCUT2D eigenvalue weighted by Crippen LogP contribution is 2.60. The Morgan fingerprint density at radius 3 is 0.800 bits per heavy atom. The summed E-state index contributed by atoms with van der Waals surface area (Å²) in [6, 6.07) is 67.1. The van der Waals surface area contributed by atoms with Gasteiger partial charge in [0.2, 0.25) is 0 Å². The zero-order chi connectivity index (χ0) is 26.4. The lowest BCUT2D eigenvalue weighted by Gasteiger charge is -2.33. The van der Waals surface area contributed by atoms with Gasteiger partial charge in [-0.3, -0.25) is 0 Å². The monoisotopic (exact) mass is 616 g/mol. The van der Waals surface area contributed by atoms with Crippen molar-refractivity contribution in [3.63, 3.8) is 0 Å². The van der Waals surface area contributed by atoms with Crippen molar-refractivity contribution in [1.82, 2.24) is 0 Å². The highest BCUT2D eigenvalue weighted by atomic mass is 79.9. The van der Waals surface area contributed by atoms with Gasteiger partial charge < -0.3 is 17.0 Å². The summed E-state index contributed by atoms with van der Waals surface area (Å²) >= 11 is 0. The lowest BCUT2D eigenvalue weighted by Crippen LogP contribution is -3.00. The van der Waals surface area contributed by atoms with Crippen LogP contribution in [0.2, 0.25) is 0 Å². The van der Waals surface area contributed by atoms with Crippen LogP contribution >= 0.6 is 14.1 Å². The van der Waals surface area contributed by atoms with Gasteiger partial charge in [0.1, 0.15) is 23.2 Å². The Balaban J connectivity index is 0.00000323. The minimum Gasteiger partial charge on any atom is -1.00 e. The van der Waals surface area contributed by atoms with E-state index in [1.807, 2.05) is 0 Å². The van der Waals surface area contributed by atoms with Crippen molar-refractivity contribution >= 4 is 51.5 Å². The molecule has 0 atom stereocenters. The molecule has 0 unspecified atom stereocenters. The van der Waals surface area contributed by atoms with E-state index in [9.17, 15) is 0 Å². The largest absolute Gasteiger partial charge is 1.00 e. The molecule has 0 aromatic heterocycles. The molecule has 0 saturated heterocycles. The molecule has 6 aromatic rings. The third-order valence-electron chi connectivity index (χ3n) is 7.33. The summed E-state index contributed by atoms with van der Waals surface area (Å²) in [5.41, 5.74) is 2.82. The Bertz CT molecular complexity index is 1470. The minimum absolute atomic E-state index is 0. The fraction of sp³-hybridized carbons (Fsp3) is 0. The average molecular weight is 618 g/mol. The van der Waals surface area contributed by atoms with Crippen molar-refractivity contribution in [2.45, 2.75) is 0 Å². The van der Waals surface area contributed by atoms with Crippen LogP contribution < -0.4 is 48.8 Å². The Labute approximate surface area is 249 Å². The first-order valence-corrected chi connectivity index (χ1v) is 17.0. The molecule has 0 aliphatic rings. The fourth-order valence-electron chi connectivity index (χ4n) is 5.53. The molecule has 6 aromatic carbocycles. The fourth-order valence-corrected chi connectivity index (χ4v) is 16.5. The van der Waals surface area contributed by atoms with Crippen molar-refractivity contribution in [2.75, 3.05) is 0 Å². The first-order valence-electron chi connectivity index (χ1n) is 13.3. The van der Waals surface area contributed by atoms with E-state index in [2.05, 4.69) is 188 Å². The molecule has 0 bridgehead atoms. The number of hydrogen-bond donors (Lipinski definition) is 0. The van der Waals surface area contributed by atoms with E-state index < -0.39 is 14.1 Å². The van der Waals surface area contributed by atoms with E-state index in [1.165, 1.54) is 31.8 Å². The standard InChI is InChI=1S/C37H31P2.BrH/c1-7-19-32(20-8-1)38(33-21-9-2-10-22-33,34-23-11-3-12-24-34)31-39(35-25-13-4-14-26-35,36-27-15-5-16-28-36)37-29-17-6-18-30-37;/h1-31H;1H/q+1;/p-1. The highest BCUT2D eigenvalue weighted by molar-refractivity contribution is 8.18. The molecular weight excluding hydrogens is 586 g/mol. The van der Waals surface area contributed by atoms with Crippen LogP contribution in [-0.2, 0) is 0 Å². The zero-order valence-electron chi connectivity index (χ0n) is 22.2. The van der Waals surface area contributed by atoms with Gasteiger partial charge in [-0.2, -0.15) is 0 Å². The van der Waals surface area contributed by atoms with Gasteiger partial charge in [0.05, 0.1) is 5.54 Å². The molecular formula is C37H31BrP2. The van der Waals surface area contributed by atoms with E-state index in [-0.39, 0.29) is 17.0 Å². The molecule has 196 valence electrons. The maximum atomic E-state index is 2.82. The summed E-state index contributed by atoms with van der Waals surface area (Å²) in [5.74, 6) is 0. The summed E-state index contributed by atoms with van der Waals surface area (Å²) in [7, 11) is -2.25. The molecule has 3 heteroatoms. The molecule has 6 rings (SSSR count). The molecule has 0 aliphatic heterocycles. The number of hydrogen-bond acceptors (Lipinski definition) is 0. The normalized spacial score (nSPS) is 11.3. The maximum Gasteiger partial charge on any atom is 0.137 e. The van der Waals surface area contributed by atoms with E-state index in [0.717, 1.165) is 0 Å². The van der Waals surface area contributed by atoms with E-state index >= 15 is 0 Å². The first kappa shape index (κ1) is 28.1. The van der Waals surface area contributed by atoms with Gasteiger partial charge in [0, 0.05) is 6.89 Å². The van der Waals surface area contributed by atoms with Crippen LogP contribution in [0.4, 0.5) is 0 Å². The van der Waals surface area contributed by atoms with Crippen LogP contribution in [0, 0.1) is 0 Å². The van der Waals surface area contributed by atoms with Crippen molar-refractivity contribution < 1.29 is 17.0 Å². The van der Waals surface area contributed by atoms with Crippen molar-refractivity contribution in [2.24, 2.45) is 0 Å². The maximum absolute atomic E-state index is 2.82. The van der Waals surface area contributed by atoms with Gasteiger partial charge in [-0.15, -0.1) is 0 Å². The molecule has 0 N–H and O–H groups in total. The lowest BCUT2D eigenvalue weighted by molar-refractivity contribution is -0.00000728. The van der Waals surface area contributed by atoms with Gasteiger partial charge in [-0.25, -0.2) is 0 Å². The molecule has 0 fully saturated rings. The molecule has 0 nitrogen and oxygen atoms in total. The third-order valence-corrected chi connectivity index (χ3v) is 16.8. The smallest absolute Gasteiger partial charge is 0.137 e. The van der Waals surface area contributed by atoms with Crippen LogP contribution in [0.15, 0.2) is 182 Å². The van der Waals surface area contributed by atoms with Crippen LogP contribution in [-0.4, -0.2) is 5.54 Å². The summed E-state index contributed by atoms with van der Waals surface area (Å²) < 4.78 is 0. The molecule has 0 spiro atoms. The zero-order valence-corrected chi connectivity index (χ0v) is 25.5. The molecule has 40 heavy (non-hydrogen) atoms. The van der Waals surface area contributed by atoms with E-state index in [1.54, 1.807) is 0 Å². The Morgan fingerprint density at radius 2 is 0.550 bits per heavy atom. The molecule has 0 radical (unpaired) electrons. The second-order valence-electron chi connectivity index (χ2n) is 9.57. The van der Waals surface area contributed by atoms with E-state index in [4.69, 9.17) is 0 Å². The van der Waals surface area contributed by atoms with Gasteiger partial charge in [0.15, 0.2) is 0 Å². The van der Waals surface area contributed by atoms with Crippen LogP contribution in [0.3, 0.4) is 0 Å². The molecule has 0 aliphatic carbocycles.